The molecule has 0 aromatic heterocycles. The second-order valence-electron chi connectivity index (χ2n) is 5.54. The zero-order valence-electron chi connectivity index (χ0n) is 14.4. The first-order chi connectivity index (χ1) is 12.5. The third kappa shape index (κ3) is 5.55. The van der Waals surface area contributed by atoms with Crippen molar-refractivity contribution < 1.29 is 29.0 Å². The van der Waals surface area contributed by atoms with E-state index in [1.165, 1.54) is 18.3 Å². The van der Waals surface area contributed by atoms with E-state index in [1.54, 1.807) is 13.0 Å². The van der Waals surface area contributed by atoms with Crippen LogP contribution in [0.3, 0.4) is 0 Å². The van der Waals surface area contributed by atoms with Gasteiger partial charge in [0.05, 0.1) is 18.9 Å². The minimum atomic E-state index is -1.14. The van der Waals surface area contributed by atoms with Gasteiger partial charge in [-0.25, -0.2) is 10.2 Å². The summed E-state index contributed by atoms with van der Waals surface area (Å²) in [5.74, 6) is -2.62. The summed E-state index contributed by atoms with van der Waals surface area (Å²) in [5, 5.41) is 15.3. The van der Waals surface area contributed by atoms with Gasteiger partial charge in [-0.3, -0.25) is 9.59 Å². The number of amides is 2. The fraction of sp³-hybridized carbons (Fsp3) is 0.412. The van der Waals surface area contributed by atoms with E-state index < -0.39 is 17.8 Å². The van der Waals surface area contributed by atoms with Gasteiger partial charge < -0.3 is 19.9 Å². The summed E-state index contributed by atoms with van der Waals surface area (Å²) in [4.78, 5) is 34.6. The Hall–Kier alpha value is -2.94. The van der Waals surface area contributed by atoms with E-state index in [9.17, 15) is 19.5 Å². The smallest absolute Gasteiger partial charge is 0.339 e. The third-order valence-electron chi connectivity index (χ3n) is 3.63. The summed E-state index contributed by atoms with van der Waals surface area (Å²) < 4.78 is 10.6. The number of hydrogen-bond acceptors (Lipinski definition) is 6. The number of nitrogens with zero attached hydrogens (tertiary/aromatic N) is 1. The van der Waals surface area contributed by atoms with Crippen molar-refractivity contribution in [1.82, 2.24) is 10.7 Å². The Bertz CT molecular complexity index is 698. The molecule has 140 valence electrons. The lowest BCUT2D eigenvalue weighted by Crippen LogP contribution is -2.41. The summed E-state index contributed by atoms with van der Waals surface area (Å²) >= 11 is 0. The first kappa shape index (κ1) is 19.4. The zero-order chi connectivity index (χ0) is 18.9. The van der Waals surface area contributed by atoms with Crippen molar-refractivity contribution in [2.24, 2.45) is 5.10 Å². The SMILES string of the molecule is CCOc1ccc(/C=N\NC(=O)C(=O)NC[C@H]2CCCO2)cc1C(=O)O. The molecule has 1 aliphatic heterocycles. The molecule has 9 heteroatoms. The third-order valence-corrected chi connectivity index (χ3v) is 3.63. The van der Waals surface area contributed by atoms with E-state index in [4.69, 9.17) is 9.47 Å². The number of carboxylic acid groups (broad SMARTS) is 1. The van der Waals surface area contributed by atoms with Crippen LogP contribution in [0, 0.1) is 0 Å². The van der Waals surface area contributed by atoms with E-state index in [0.29, 0.717) is 18.8 Å². The van der Waals surface area contributed by atoms with Crippen LogP contribution < -0.4 is 15.5 Å². The highest BCUT2D eigenvalue weighted by atomic mass is 16.5. The van der Waals surface area contributed by atoms with Crippen molar-refractivity contribution in [3.63, 3.8) is 0 Å². The Morgan fingerprint density at radius 3 is 2.85 bits per heavy atom. The Labute approximate surface area is 150 Å². The minimum absolute atomic E-state index is 0.0172. The molecule has 2 rings (SSSR count). The fourth-order valence-electron chi connectivity index (χ4n) is 2.38. The molecule has 1 aromatic rings. The van der Waals surface area contributed by atoms with Gasteiger partial charge in [0, 0.05) is 13.2 Å². The molecule has 1 heterocycles. The van der Waals surface area contributed by atoms with Crippen molar-refractivity contribution in [2.75, 3.05) is 19.8 Å². The molecule has 3 N–H and O–H groups in total. The monoisotopic (exact) mass is 363 g/mol. The van der Waals surface area contributed by atoms with Crippen molar-refractivity contribution in [1.29, 1.82) is 0 Å². The maximum atomic E-state index is 11.7. The molecule has 0 spiro atoms. The van der Waals surface area contributed by atoms with Crippen LogP contribution in [0.2, 0.25) is 0 Å². The number of aromatic carboxylic acids is 1. The lowest BCUT2D eigenvalue weighted by atomic mass is 10.1. The van der Waals surface area contributed by atoms with Gasteiger partial charge in [0.2, 0.25) is 0 Å². The highest BCUT2D eigenvalue weighted by Crippen LogP contribution is 2.19. The van der Waals surface area contributed by atoms with Crippen LogP contribution in [-0.2, 0) is 14.3 Å². The average Bonchev–Trinajstić information content (AvgIpc) is 3.14. The molecule has 0 radical (unpaired) electrons. The Morgan fingerprint density at radius 1 is 1.38 bits per heavy atom. The van der Waals surface area contributed by atoms with E-state index in [1.807, 2.05) is 0 Å². The van der Waals surface area contributed by atoms with Crippen molar-refractivity contribution in [3.05, 3.63) is 29.3 Å². The molecule has 0 aliphatic carbocycles. The van der Waals surface area contributed by atoms with Gasteiger partial charge in [0.15, 0.2) is 0 Å². The number of ether oxygens (including phenoxy) is 2. The van der Waals surface area contributed by atoms with Gasteiger partial charge in [-0.2, -0.15) is 5.10 Å². The molecule has 1 aromatic carbocycles. The van der Waals surface area contributed by atoms with E-state index >= 15 is 0 Å². The van der Waals surface area contributed by atoms with Crippen LogP contribution in [0.25, 0.3) is 0 Å². The Kier molecular flexibility index (Phi) is 7.10. The van der Waals surface area contributed by atoms with Crippen LogP contribution in [0.4, 0.5) is 0 Å². The second kappa shape index (κ2) is 9.52. The summed E-state index contributed by atoms with van der Waals surface area (Å²) in [6.45, 7) is 3.03. The van der Waals surface area contributed by atoms with Crippen LogP contribution in [0.15, 0.2) is 23.3 Å². The summed E-state index contributed by atoms with van der Waals surface area (Å²) in [6, 6.07) is 4.45. The number of carbonyl (C=O) groups is 3. The van der Waals surface area contributed by atoms with Gasteiger partial charge >= 0.3 is 17.8 Å². The maximum absolute atomic E-state index is 11.7. The number of rotatable bonds is 7. The second-order valence-corrected chi connectivity index (χ2v) is 5.54. The number of nitrogens with one attached hydrogen (secondary N) is 2. The number of hydrogen-bond donors (Lipinski definition) is 3. The molecular weight excluding hydrogens is 342 g/mol. The van der Waals surface area contributed by atoms with Crippen molar-refractivity contribution in [2.45, 2.75) is 25.9 Å². The van der Waals surface area contributed by atoms with Crippen molar-refractivity contribution in [3.8, 4) is 5.75 Å². The lowest BCUT2D eigenvalue weighted by molar-refractivity contribution is -0.139. The largest absolute Gasteiger partial charge is 0.493 e. The predicted molar refractivity (Wildman–Crippen MR) is 92.3 cm³/mol. The Morgan fingerprint density at radius 2 is 2.19 bits per heavy atom. The van der Waals surface area contributed by atoms with Gasteiger partial charge in [-0.15, -0.1) is 0 Å². The number of hydrazone groups is 1. The molecule has 0 unspecified atom stereocenters. The quantitative estimate of drug-likeness (QED) is 0.368. The minimum Gasteiger partial charge on any atom is -0.493 e. The standard InChI is InChI=1S/C17H21N3O6/c1-2-25-14-6-5-11(8-13(14)17(23)24)9-19-20-16(22)15(21)18-10-12-4-3-7-26-12/h5-6,8-9,12H,2-4,7,10H2,1H3,(H,18,21)(H,20,22)(H,23,24)/b19-9-/t12-/m1/s1. The highest BCUT2D eigenvalue weighted by Gasteiger charge is 2.19. The molecule has 0 saturated carbocycles. The van der Waals surface area contributed by atoms with E-state index in [2.05, 4.69) is 15.8 Å². The number of benzene rings is 1. The lowest BCUT2D eigenvalue weighted by Gasteiger charge is -2.09. The molecule has 1 saturated heterocycles. The molecule has 9 nitrogen and oxygen atoms in total. The summed E-state index contributed by atoms with van der Waals surface area (Å²) in [5.41, 5.74) is 2.51. The van der Waals surface area contributed by atoms with Crippen molar-refractivity contribution >= 4 is 24.0 Å². The summed E-state index contributed by atoms with van der Waals surface area (Å²) in [6.07, 6.45) is 2.97. The molecular formula is C17H21N3O6. The number of carbonyl (C=O) groups excluding carboxylic acids is 2. The van der Waals surface area contributed by atoms with Gasteiger partial charge in [-0.1, -0.05) is 0 Å². The molecule has 26 heavy (non-hydrogen) atoms. The highest BCUT2D eigenvalue weighted by molar-refractivity contribution is 6.35. The molecule has 1 fully saturated rings. The van der Waals surface area contributed by atoms with Crippen LogP contribution >= 0.6 is 0 Å². The number of carboxylic acids is 1. The van der Waals surface area contributed by atoms with Gasteiger partial charge in [-0.05, 0) is 43.5 Å². The van der Waals surface area contributed by atoms with Gasteiger partial charge in [0.1, 0.15) is 11.3 Å². The summed E-state index contributed by atoms with van der Waals surface area (Å²) in [7, 11) is 0. The van der Waals surface area contributed by atoms with E-state index in [0.717, 1.165) is 12.8 Å². The molecule has 1 aliphatic rings. The van der Waals surface area contributed by atoms with Crippen LogP contribution in [-0.4, -0.2) is 55.0 Å². The first-order valence-electron chi connectivity index (χ1n) is 8.24. The molecule has 2 amide bonds. The average molecular weight is 363 g/mol. The van der Waals surface area contributed by atoms with Crippen LogP contribution in [0.5, 0.6) is 5.75 Å². The Balaban J connectivity index is 1.88. The zero-order valence-corrected chi connectivity index (χ0v) is 14.4. The fourth-order valence-corrected chi connectivity index (χ4v) is 2.38. The maximum Gasteiger partial charge on any atom is 0.339 e. The normalized spacial score (nSPS) is 16.4. The predicted octanol–water partition coefficient (Wildman–Crippen LogP) is 0.529. The van der Waals surface area contributed by atoms with Gasteiger partial charge in [0.25, 0.3) is 0 Å². The topological polar surface area (TPSA) is 126 Å². The van der Waals surface area contributed by atoms with Crippen LogP contribution in [0.1, 0.15) is 35.7 Å². The molecule has 0 bridgehead atoms. The van der Waals surface area contributed by atoms with E-state index in [-0.39, 0.29) is 24.0 Å². The molecule has 1 atom stereocenters. The first-order valence-corrected chi connectivity index (χ1v) is 8.24.